The molecule has 0 aliphatic heterocycles. The third-order valence-corrected chi connectivity index (χ3v) is 6.98. The van der Waals surface area contributed by atoms with E-state index in [1.54, 1.807) is 30.3 Å². The number of tetrazole rings is 1. The summed E-state index contributed by atoms with van der Waals surface area (Å²) >= 11 is 5.68. The molecule has 0 aliphatic carbocycles. The number of carbonyl (C=O) groups is 1. The highest BCUT2D eigenvalue weighted by Crippen LogP contribution is 2.46. The summed E-state index contributed by atoms with van der Waals surface area (Å²) in [5, 5.41) is 21.4. The first-order valence-electron chi connectivity index (χ1n) is 12.8. The number of aliphatic hydroxyl groups is 1. The van der Waals surface area contributed by atoms with Gasteiger partial charge < -0.3 is 5.11 Å². The minimum Gasteiger partial charge on any atom is -0.377 e. The van der Waals surface area contributed by atoms with Gasteiger partial charge in [0, 0.05) is 40.9 Å². The fourth-order valence-corrected chi connectivity index (χ4v) is 4.47. The van der Waals surface area contributed by atoms with Crippen LogP contribution in [-0.2, 0) is 24.5 Å². The Morgan fingerprint density at radius 2 is 1.64 bits per heavy atom. The van der Waals surface area contributed by atoms with Crippen molar-refractivity contribution in [1.29, 1.82) is 0 Å². The number of carbonyl (C=O) groups excluding carboxylic acids is 1. The number of hydrogen-bond acceptors (Lipinski definition) is 6. The van der Waals surface area contributed by atoms with Crippen molar-refractivity contribution in [3.05, 3.63) is 141 Å². The molecule has 0 amide bonds. The van der Waals surface area contributed by atoms with Gasteiger partial charge in [0.15, 0.2) is 11.4 Å². The number of aromatic nitrogens is 5. The molecule has 5 aromatic rings. The van der Waals surface area contributed by atoms with Crippen LogP contribution in [0.3, 0.4) is 0 Å². The summed E-state index contributed by atoms with van der Waals surface area (Å²) in [5.41, 5.74) is -3.45. The van der Waals surface area contributed by atoms with Gasteiger partial charge in [-0.1, -0.05) is 41.6 Å². The molecular formula is C31H19ClF5N5O2. The SMILES string of the molecule is O=C(Cc1ccc(Cl)c(F)c1)c1ccc(C#Cc2ccc(C(F)(F)C(O)(Cn3cnnn3)c3ccc(F)cc3F)nc2)cc1. The molecule has 2 heterocycles. The monoisotopic (exact) mass is 623 g/mol. The zero-order valence-electron chi connectivity index (χ0n) is 22.4. The summed E-state index contributed by atoms with van der Waals surface area (Å²) in [6.45, 7) is -0.978. The van der Waals surface area contributed by atoms with E-state index in [2.05, 4.69) is 32.4 Å². The number of pyridine rings is 1. The second kappa shape index (κ2) is 12.3. The molecule has 0 saturated carbocycles. The number of Topliss-reactive ketones (excluding diaryl/α,β-unsaturated/α-hetero) is 1. The molecule has 222 valence electrons. The first-order valence-corrected chi connectivity index (χ1v) is 13.2. The van der Waals surface area contributed by atoms with Gasteiger partial charge in [-0.2, -0.15) is 8.78 Å². The van der Waals surface area contributed by atoms with Crippen LogP contribution >= 0.6 is 11.6 Å². The van der Waals surface area contributed by atoms with Crippen molar-refractivity contribution in [3.8, 4) is 11.8 Å². The lowest BCUT2D eigenvalue weighted by Gasteiger charge is -2.35. The predicted octanol–water partition coefficient (Wildman–Crippen LogP) is 5.64. The van der Waals surface area contributed by atoms with Crippen molar-refractivity contribution >= 4 is 17.4 Å². The maximum atomic E-state index is 15.9. The molecule has 2 aromatic heterocycles. The molecule has 0 aliphatic rings. The van der Waals surface area contributed by atoms with Crippen LogP contribution in [0.2, 0.25) is 5.02 Å². The maximum Gasteiger partial charge on any atom is 0.323 e. The largest absolute Gasteiger partial charge is 0.377 e. The highest BCUT2D eigenvalue weighted by molar-refractivity contribution is 6.30. The fraction of sp³-hybridized carbons (Fsp3) is 0.129. The maximum absolute atomic E-state index is 15.9. The number of rotatable bonds is 8. The zero-order valence-corrected chi connectivity index (χ0v) is 23.1. The quantitative estimate of drug-likeness (QED) is 0.137. The van der Waals surface area contributed by atoms with E-state index in [4.69, 9.17) is 11.6 Å². The molecule has 1 atom stereocenters. The molecule has 44 heavy (non-hydrogen) atoms. The first-order chi connectivity index (χ1) is 21.0. The Balaban J connectivity index is 1.34. The van der Waals surface area contributed by atoms with Crippen LogP contribution in [0.15, 0.2) is 85.3 Å². The van der Waals surface area contributed by atoms with E-state index in [0.29, 0.717) is 22.8 Å². The summed E-state index contributed by atoms with van der Waals surface area (Å²) in [4.78, 5) is 16.3. The topological polar surface area (TPSA) is 93.8 Å². The smallest absolute Gasteiger partial charge is 0.323 e. The van der Waals surface area contributed by atoms with Crippen LogP contribution in [-0.4, -0.2) is 36.1 Å². The van der Waals surface area contributed by atoms with E-state index in [1.807, 2.05) is 0 Å². The Labute approximate surface area is 252 Å². The van der Waals surface area contributed by atoms with E-state index in [1.165, 1.54) is 18.2 Å². The third kappa shape index (κ3) is 6.34. The highest BCUT2D eigenvalue weighted by atomic mass is 35.5. The average Bonchev–Trinajstić information content (AvgIpc) is 3.51. The molecule has 0 fully saturated rings. The standard InChI is InChI=1S/C31H19ClF5N5O2/c32-25-11-5-21(13-27(25)35)14-28(43)22-7-3-19(4-8-22)1-2-20-6-12-29(38-16-20)31(36,37)30(44,17-42-18-39-40-41-42)24-10-9-23(33)15-26(24)34/h3-13,15-16,18,44H,14,17H2. The van der Waals surface area contributed by atoms with Gasteiger partial charge in [-0.25, -0.2) is 17.9 Å². The first kappa shape index (κ1) is 30.5. The lowest BCUT2D eigenvalue weighted by atomic mass is 9.84. The van der Waals surface area contributed by atoms with Crippen molar-refractivity contribution in [3.63, 3.8) is 0 Å². The van der Waals surface area contributed by atoms with Gasteiger partial charge in [0.25, 0.3) is 0 Å². The Morgan fingerprint density at radius 3 is 2.27 bits per heavy atom. The Morgan fingerprint density at radius 1 is 0.909 bits per heavy atom. The minimum absolute atomic E-state index is 0.0274. The molecule has 3 aromatic carbocycles. The van der Waals surface area contributed by atoms with Gasteiger partial charge in [0.1, 0.15) is 29.5 Å². The van der Waals surface area contributed by atoms with Crippen LogP contribution < -0.4 is 0 Å². The van der Waals surface area contributed by atoms with Crippen LogP contribution in [0.4, 0.5) is 22.0 Å². The fourth-order valence-electron chi connectivity index (χ4n) is 4.35. The number of halogens is 6. The highest BCUT2D eigenvalue weighted by Gasteiger charge is 2.58. The third-order valence-electron chi connectivity index (χ3n) is 6.67. The molecule has 0 radical (unpaired) electrons. The minimum atomic E-state index is -4.20. The zero-order chi connectivity index (χ0) is 31.5. The molecule has 5 rings (SSSR count). The van der Waals surface area contributed by atoms with Gasteiger partial charge >= 0.3 is 5.92 Å². The van der Waals surface area contributed by atoms with Crippen LogP contribution in [0, 0.1) is 29.3 Å². The normalized spacial score (nSPS) is 12.7. The van der Waals surface area contributed by atoms with Crippen molar-refractivity contribution in [2.45, 2.75) is 24.5 Å². The van der Waals surface area contributed by atoms with E-state index in [-0.39, 0.29) is 22.8 Å². The molecule has 0 saturated heterocycles. The van der Waals surface area contributed by atoms with Gasteiger partial charge in [-0.3, -0.25) is 9.78 Å². The van der Waals surface area contributed by atoms with Crippen molar-refractivity contribution in [2.75, 3.05) is 0 Å². The van der Waals surface area contributed by atoms with E-state index in [0.717, 1.165) is 35.4 Å². The summed E-state index contributed by atoms with van der Waals surface area (Å²) in [5.74, 6) is -1.87. The summed E-state index contributed by atoms with van der Waals surface area (Å²) in [6.07, 6.45) is 1.98. The molecule has 7 nitrogen and oxygen atoms in total. The molecule has 0 bridgehead atoms. The van der Waals surface area contributed by atoms with Gasteiger partial charge in [-0.15, -0.1) is 5.10 Å². The number of nitrogens with zero attached hydrogens (tertiary/aromatic N) is 5. The lowest BCUT2D eigenvalue weighted by Crippen LogP contribution is -2.48. The Hall–Kier alpha value is -4.99. The number of alkyl halides is 2. The number of ketones is 1. The number of benzene rings is 3. The number of hydrogen-bond donors (Lipinski definition) is 1. The van der Waals surface area contributed by atoms with Crippen LogP contribution in [0.25, 0.3) is 0 Å². The molecular weight excluding hydrogens is 605 g/mol. The van der Waals surface area contributed by atoms with Gasteiger partial charge in [0.05, 0.1) is 11.6 Å². The predicted molar refractivity (Wildman–Crippen MR) is 148 cm³/mol. The molecule has 13 heteroatoms. The van der Waals surface area contributed by atoms with Crippen LogP contribution in [0.5, 0.6) is 0 Å². The van der Waals surface area contributed by atoms with Crippen LogP contribution in [0.1, 0.15) is 38.3 Å². The Bertz CT molecular complexity index is 1870. The summed E-state index contributed by atoms with van der Waals surface area (Å²) in [7, 11) is 0. The second-order valence-electron chi connectivity index (χ2n) is 9.67. The van der Waals surface area contributed by atoms with Crippen molar-refractivity contribution in [1.82, 2.24) is 25.2 Å². The molecule has 1 unspecified atom stereocenters. The van der Waals surface area contributed by atoms with Crippen molar-refractivity contribution < 1.29 is 31.9 Å². The van der Waals surface area contributed by atoms with Gasteiger partial charge in [-0.05, 0) is 64.5 Å². The summed E-state index contributed by atoms with van der Waals surface area (Å²) in [6, 6.07) is 14.5. The average molecular weight is 624 g/mol. The van der Waals surface area contributed by atoms with Crippen molar-refractivity contribution in [2.24, 2.45) is 0 Å². The molecule has 1 N–H and O–H groups in total. The van der Waals surface area contributed by atoms with E-state index in [9.17, 15) is 23.1 Å². The Kier molecular flexibility index (Phi) is 8.53. The summed E-state index contributed by atoms with van der Waals surface area (Å²) < 4.78 is 74.4. The van der Waals surface area contributed by atoms with Gasteiger partial charge in [0.2, 0.25) is 0 Å². The van der Waals surface area contributed by atoms with E-state index < -0.39 is 46.8 Å². The molecule has 0 spiro atoms. The van der Waals surface area contributed by atoms with E-state index >= 15 is 8.78 Å². The second-order valence-corrected chi connectivity index (χ2v) is 10.1. The lowest BCUT2D eigenvalue weighted by molar-refractivity contribution is -0.207.